The Balaban J connectivity index is -0.0000000806. The quantitative estimate of drug-likeness (QED) is 0.169. The summed E-state index contributed by atoms with van der Waals surface area (Å²) in [5.41, 5.74) is 0. The third-order valence-corrected chi connectivity index (χ3v) is 11.9. The Morgan fingerprint density at radius 2 is 0.290 bits per heavy atom. The van der Waals surface area contributed by atoms with Crippen molar-refractivity contribution in [1.82, 2.24) is 0 Å². The first-order valence-electron chi connectivity index (χ1n) is 33.6. The van der Waals surface area contributed by atoms with Crippen molar-refractivity contribution >= 4 is 6.21 Å². The normalized spacial score (nSPS) is 18.1. The fourth-order valence-electron chi connectivity index (χ4n) is 8.29. The maximum absolute atomic E-state index is 3.96. The van der Waals surface area contributed by atoms with Crippen molar-refractivity contribution in [2.24, 2.45) is 4.99 Å². The van der Waals surface area contributed by atoms with E-state index in [1.807, 2.05) is 131 Å². The molecule has 9 aliphatic rings. The molecule has 0 N–H and O–H groups in total. The molecule has 0 amide bonds. The van der Waals surface area contributed by atoms with Crippen LogP contribution in [0.1, 0.15) is 420 Å². The Morgan fingerprint density at radius 1 is 0.159 bits per heavy atom. The second kappa shape index (κ2) is 117. The van der Waals surface area contributed by atoms with Crippen LogP contribution in [0.25, 0.3) is 0 Å². The molecule has 0 atom stereocenters. The molecule has 1 heterocycles. The van der Waals surface area contributed by atoms with Gasteiger partial charge in [-0.2, -0.15) is 0 Å². The van der Waals surface area contributed by atoms with Crippen molar-refractivity contribution in [3.05, 3.63) is 12.2 Å². The van der Waals surface area contributed by atoms with E-state index >= 15 is 0 Å². The van der Waals surface area contributed by atoms with E-state index in [2.05, 4.69) is 17.1 Å². The average Bonchev–Trinajstić information content (AvgIpc) is 4.39. The van der Waals surface area contributed by atoms with Gasteiger partial charge in [-0.3, -0.25) is 4.99 Å². The van der Waals surface area contributed by atoms with Gasteiger partial charge in [0, 0.05) is 6.54 Å². The van der Waals surface area contributed by atoms with Crippen molar-refractivity contribution in [3.8, 4) is 0 Å². The van der Waals surface area contributed by atoms with Crippen molar-refractivity contribution in [2.45, 2.75) is 420 Å². The standard InChI is InChI=1S/C7H14.3C6H12.C6H10.3C5H10.C4H7N.9C2H6/c1-2-4-6-7-5-3-1;4*1-2-4-6-5-3-1;4*1-2-4-5-3-1;9*1-2/h1-7H2;3*1-6H2;1-2H,3-6H2;3*1-5H2;3H,1-2,4H2;9*1-2H3. The minimum atomic E-state index is 1.07. The average molecular weight is 983 g/mol. The molecule has 9 rings (SSSR count). The molecule has 0 spiro atoms. The first-order valence-corrected chi connectivity index (χ1v) is 33.6. The predicted molar refractivity (Wildman–Crippen MR) is 337 cm³/mol. The third kappa shape index (κ3) is 113. The van der Waals surface area contributed by atoms with E-state index in [-0.39, 0.29) is 0 Å². The van der Waals surface area contributed by atoms with E-state index in [1.54, 1.807) is 0 Å². The molecule has 0 saturated heterocycles. The maximum atomic E-state index is 3.96. The van der Waals surface area contributed by atoms with Crippen LogP contribution in [-0.4, -0.2) is 12.8 Å². The lowest BCUT2D eigenvalue weighted by Crippen LogP contribution is -1.85. The van der Waals surface area contributed by atoms with Gasteiger partial charge in [0.1, 0.15) is 0 Å². The Kier molecular flexibility index (Phi) is 149. The second-order valence-electron chi connectivity index (χ2n) is 17.1. The summed E-state index contributed by atoms with van der Waals surface area (Å²) in [5.74, 6) is 0. The van der Waals surface area contributed by atoms with Gasteiger partial charge in [-0.1, -0.05) is 394 Å². The number of allylic oxidation sites excluding steroid dienone is 2. The fourth-order valence-corrected chi connectivity index (χ4v) is 8.29. The van der Waals surface area contributed by atoms with Gasteiger partial charge in [-0.05, 0) is 44.7 Å². The number of hydrogen-bond donors (Lipinski definition) is 0. The van der Waals surface area contributed by atoms with E-state index in [4.69, 9.17) is 0 Å². The number of rotatable bonds is 0. The summed E-state index contributed by atoms with van der Waals surface area (Å²) >= 11 is 0. The molecule has 8 aliphatic carbocycles. The molecule has 7 fully saturated rings. The highest BCUT2D eigenvalue weighted by atomic mass is 14.7. The van der Waals surface area contributed by atoms with Gasteiger partial charge in [-0.25, -0.2) is 0 Å². The zero-order chi connectivity index (χ0) is 54.1. The van der Waals surface area contributed by atoms with Crippen molar-refractivity contribution in [3.63, 3.8) is 0 Å². The highest BCUT2D eigenvalue weighted by Gasteiger charge is 1.99. The fraction of sp³-hybridized carbons (Fsp3) is 0.956. The summed E-state index contributed by atoms with van der Waals surface area (Å²) in [5, 5.41) is 0. The molecule has 0 bridgehead atoms. The van der Waals surface area contributed by atoms with Gasteiger partial charge in [0.25, 0.3) is 0 Å². The molecule has 1 heteroatoms. The van der Waals surface area contributed by atoms with E-state index in [9.17, 15) is 0 Å². The molecule has 7 saturated carbocycles. The molecule has 1 aliphatic heterocycles. The lowest BCUT2D eigenvalue weighted by Gasteiger charge is -2.05. The second-order valence-corrected chi connectivity index (χ2v) is 17.1. The molecular weight excluding hydrogens is 831 g/mol. The van der Waals surface area contributed by atoms with Gasteiger partial charge >= 0.3 is 0 Å². The van der Waals surface area contributed by atoms with E-state index in [1.165, 1.54) is 295 Å². The molecule has 0 aromatic heterocycles. The zero-order valence-corrected chi connectivity index (χ0v) is 53.4. The molecule has 69 heavy (non-hydrogen) atoms. The van der Waals surface area contributed by atoms with Crippen LogP contribution in [0.15, 0.2) is 17.1 Å². The third-order valence-electron chi connectivity index (χ3n) is 11.9. The van der Waals surface area contributed by atoms with Gasteiger partial charge < -0.3 is 0 Å². The topological polar surface area (TPSA) is 12.4 Å². The molecule has 0 unspecified atom stereocenters. The monoisotopic (exact) mass is 982 g/mol. The minimum absolute atomic E-state index is 1.07. The van der Waals surface area contributed by atoms with Crippen LogP contribution in [0, 0.1) is 0 Å². The summed E-state index contributed by atoms with van der Waals surface area (Å²) in [4.78, 5) is 3.96. The lowest BCUT2D eigenvalue weighted by molar-refractivity contribution is 0.504. The number of hydrogen-bond acceptors (Lipinski definition) is 1. The van der Waals surface area contributed by atoms with Gasteiger partial charge in [0.15, 0.2) is 0 Å². The Bertz CT molecular complexity index is 497. The Labute approximate surface area is 447 Å². The summed E-state index contributed by atoms with van der Waals surface area (Å²) in [7, 11) is 0. The number of aliphatic imine (C=N–C) groups is 1. The Hall–Kier alpha value is -0.590. The Morgan fingerprint density at radius 3 is 0.333 bits per heavy atom. The van der Waals surface area contributed by atoms with E-state index < -0.39 is 0 Å². The largest absolute Gasteiger partial charge is 0.298 e. The van der Waals surface area contributed by atoms with Crippen LogP contribution >= 0.6 is 0 Å². The van der Waals surface area contributed by atoms with E-state index in [0.29, 0.717) is 0 Å². The van der Waals surface area contributed by atoms with Crippen molar-refractivity contribution in [1.29, 1.82) is 0 Å². The van der Waals surface area contributed by atoms with Gasteiger partial charge in [0.05, 0.1) is 0 Å². The van der Waals surface area contributed by atoms with Crippen LogP contribution in [-0.2, 0) is 0 Å². The van der Waals surface area contributed by atoms with Gasteiger partial charge in [-0.15, -0.1) is 0 Å². The zero-order valence-electron chi connectivity index (χ0n) is 53.4. The first-order chi connectivity index (χ1) is 34.5. The van der Waals surface area contributed by atoms with Crippen LogP contribution in [0.4, 0.5) is 0 Å². The maximum Gasteiger partial charge on any atom is 0.0388 e. The van der Waals surface area contributed by atoms with E-state index in [0.717, 1.165) is 6.54 Å². The van der Waals surface area contributed by atoms with Crippen LogP contribution < -0.4 is 0 Å². The van der Waals surface area contributed by atoms with Crippen molar-refractivity contribution < 1.29 is 0 Å². The van der Waals surface area contributed by atoms with Crippen molar-refractivity contribution in [2.75, 3.05) is 6.54 Å². The molecule has 0 radical (unpaired) electrons. The summed E-state index contributed by atoms with van der Waals surface area (Å²) in [6, 6.07) is 0. The molecule has 428 valence electrons. The SMILES string of the molecule is C1=CCCCC1.C1=NCCC1.C1CCCC1.C1CCCC1.C1CCCC1.C1CCCCC1.C1CCCCC1.C1CCCCC1.C1CCCCCC1.CC.CC.CC.CC.CC.CC.CC.CC.CC. The lowest BCUT2D eigenvalue weighted by atomic mass is 10.0. The summed E-state index contributed by atoms with van der Waals surface area (Å²) < 4.78 is 0. The molecule has 0 aromatic carbocycles. The molecular formula is C68H151N. The van der Waals surface area contributed by atoms with Crippen LogP contribution in [0.3, 0.4) is 0 Å². The smallest absolute Gasteiger partial charge is 0.0388 e. The highest BCUT2D eigenvalue weighted by Crippen LogP contribution is 2.18. The van der Waals surface area contributed by atoms with Crippen LogP contribution in [0.2, 0.25) is 0 Å². The summed E-state index contributed by atoms with van der Waals surface area (Å²) in [6.45, 7) is 37.1. The minimum Gasteiger partial charge on any atom is -0.298 e. The predicted octanol–water partition coefficient (Wildman–Crippen LogP) is 27.8. The highest BCUT2D eigenvalue weighted by molar-refractivity contribution is 5.58. The number of nitrogens with zero attached hydrogens (tertiary/aromatic N) is 1. The van der Waals surface area contributed by atoms with Crippen LogP contribution in [0.5, 0.6) is 0 Å². The van der Waals surface area contributed by atoms with Gasteiger partial charge in [0.2, 0.25) is 0 Å². The molecule has 1 nitrogen and oxygen atoms in total. The first kappa shape index (κ1) is 88.1. The molecule has 0 aromatic rings. The summed E-state index contributed by atoms with van der Waals surface area (Å²) in [6.07, 6.45) is 74.5.